The molecule has 21 heavy (non-hydrogen) atoms. The fourth-order valence-electron chi connectivity index (χ4n) is 2.03. The van der Waals surface area contributed by atoms with Gasteiger partial charge >= 0.3 is 0 Å². The van der Waals surface area contributed by atoms with E-state index in [1.54, 1.807) is 0 Å². The van der Waals surface area contributed by atoms with Gasteiger partial charge in [-0.15, -0.1) is 0 Å². The van der Waals surface area contributed by atoms with Gasteiger partial charge in [0.15, 0.2) is 0 Å². The van der Waals surface area contributed by atoms with Crippen LogP contribution in [0.3, 0.4) is 0 Å². The van der Waals surface area contributed by atoms with Crippen molar-refractivity contribution >= 4 is 11.4 Å². The first-order chi connectivity index (χ1) is 10.1. The van der Waals surface area contributed by atoms with Crippen LogP contribution in [0.1, 0.15) is 18.0 Å². The Labute approximate surface area is 121 Å². The van der Waals surface area contributed by atoms with Crippen molar-refractivity contribution in [1.82, 2.24) is 0 Å². The van der Waals surface area contributed by atoms with E-state index in [0.717, 1.165) is 11.6 Å². The number of nitrogens with two attached hydrogens (primary N) is 1. The molecule has 0 fully saturated rings. The smallest absolute Gasteiger partial charge is 0.295 e. The highest BCUT2D eigenvalue weighted by atomic mass is 19.1. The number of anilines is 1. The van der Waals surface area contributed by atoms with E-state index in [1.807, 2.05) is 30.3 Å². The quantitative estimate of drug-likeness (QED) is 0.632. The van der Waals surface area contributed by atoms with Crippen molar-refractivity contribution < 1.29 is 9.31 Å². The molecule has 2 aromatic rings. The third kappa shape index (κ3) is 4.00. The van der Waals surface area contributed by atoms with Gasteiger partial charge in [-0.05, 0) is 24.1 Å². The molecule has 5 nitrogen and oxygen atoms in total. The predicted octanol–water partition coefficient (Wildman–Crippen LogP) is 3.24. The van der Waals surface area contributed by atoms with E-state index < -0.39 is 10.7 Å². The molecule has 0 amide bonds. The fourth-order valence-corrected chi connectivity index (χ4v) is 2.03. The normalized spacial score (nSPS) is 11.9. The zero-order chi connectivity index (χ0) is 15.2. The average molecular weight is 289 g/mol. The van der Waals surface area contributed by atoms with Crippen LogP contribution in [0.15, 0.2) is 48.5 Å². The van der Waals surface area contributed by atoms with E-state index >= 15 is 0 Å². The Morgan fingerprint density at radius 1 is 1.24 bits per heavy atom. The summed E-state index contributed by atoms with van der Waals surface area (Å²) >= 11 is 0. The minimum absolute atomic E-state index is 0.154. The van der Waals surface area contributed by atoms with Gasteiger partial charge in [0.05, 0.1) is 11.0 Å². The molecule has 0 aliphatic carbocycles. The van der Waals surface area contributed by atoms with Crippen molar-refractivity contribution in [3.8, 4) is 0 Å². The highest BCUT2D eigenvalue weighted by Gasteiger charge is 2.14. The Kier molecular flexibility index (Phi) is 4.84. The van der Waals surface area contributed by atoms with Crippen LogP contribution in [0.5, 0.6) is 0 Å². The van der Waals surface area contributed by atoms with Gasteiger partial charge < -0.3 is 11.1 Å². The van der Waals surface area contributed by atoms with Crippen molar-refractivity contribution in [2.75, 3.05) is 11.9 Å². The Morgan fingerprint density at radius 2 is 1.95 bits per heavy atom. The van der Waals surface area contributed by atoms with Crippen LogP contribution in [-0.2, 0) is 0 Å². The zero-order valence-corrected chi connectivity index (χ0v) is 11.3. The number of hydrogen-bond donors (Lipinski definition) is 2. The molecule has 0 aromatic heterocycles. The largest absolute Gasteiger partial charge is 0.379 e. The molecule has 1 unspecified atom stereocenters. The molecule has 0 bridgehead atoms. The molecule has 6 heteroatoms. The summed E-state index contributed by atoms with van der Waals surface area (Å²) in [6.07, 6.45) is 0.610. The molecule has 0 saturated carbocycles. The Bertz CT molecular complexity index is 620. The van der Waals surface area contributed by atoms with Gasteiger partial charge in [-0.25, -0.2) is 4.39 Å². The van der Waals surface area contributed by atoms with Gasteiger partial charge in [0.1, 0.15) is 11.5 Å². The summed E-state index contributed by atoms with van der Waals surface area (Å²) < 4.78 is 13.0. The van der Waals surface area contributed by atoms with Gasteiger partial charge in [-0.3, -0.25) is 10.1 Å². The minimum atomic E-state index is -0.631. The number of benzene rings is 2. The molecule has 0 heterocycles. The lowest BCUT2D eigenvalue weighted by molar-refractivity contribution is -0.384. The number of hydrogen-bond acceptors (Lipinski definition) is 4. The summed E-state index contributed by atoms with van der Waals surface area (Å²) in [5.74, 6) is -0.631. The molecule has 0 aliphatic heterocycles. The first kappa shape index (κ1) is 14.9. The minimum Gasteiger partial charge on any atom is -0.379 e. The van der Waals surface area contributed by atoms with Gasteiger partial charge in [0.25, 0.3) is 5.69 Å². The highest BCUT2D eigenvalue weighted by Crippen LogP contribution is 2.25. The second kappa shape index (κ2) is 6.81. The number of nitro benzene ring substituents is 1. The molecule has 2 aromatic carbocycles. The summed E-state index contributed by atoms with van der Waals surface area (Å²) in [6, 6.07) is 12.9. The Balaban J connectivity index is 1.96. The summed E-state index contributed by atoms with van der Waals surface area (Å²) in [4.78, 5) is 10.3. The van der Waals surface area contributed by atoms with Crippen LogP contribution in [-0.4, -0.2) is 11.5 Å². The number of nitrogens with zero attached hydrogens (tertiary/aromatic N) is 1. The van der Waals surface area contributed by atoms with Crippen LogP contribution in [0, 0.1) is 15.9 Å². The lowest BCUT2D eigenvalue weighted by atomic mass is 10.1. The SMILES string of the molecule is NC(CCNc1ccc(F)cc1[N+](=O)[O-])c1ccccc1. The summed E-state index contributed by atoms with van der Waals surface area (Å²) in [7, 11) is 0. The van der Waals surface area contributed by atoms with Crippen molar-refractivity contribution in [1.29, 1.82) is 0 Å². The standard InChI is InChI=1S/C15H16FN3O2/c16-12-6-7-14(15(10-12)19(20)21)18-9-8-13(17)11-4-2-1-3-5-11/h1-7,10,13,18H,8-9,17H2. The zero-order valence-electron chi connectivity index (χ0n) is 11.3. The van der Waals surface area contributed by atoms with Crippen molar-refractivity contribution in [3.63, 3.8) is 0 Å². The lowest BCUT2D eigenvalue weighted by Crippen LogP contribution is -2.15. The lowest BCUT2D eigenvalue weighted by Gasteiger charge is -2.13. The fraction of sp³-hybridized carbons (Fsp3) is 0.200. The molecule has 0 saturated heterocycles. The van der Waals surface area contributed by atoms with Crippen LogP contribution < -0.4 is 11.1 Å². The van der Waals surface area contributed by atoms with Crippen molar-refractivity contribution in [3.05, 3.63) is 70.0 Å². The van der Waals surface area contributed by atoms with E-state index in [1.165, 1.54) is 12.1 Å². The molecule has 2 rings (SSSR count). The summed E-state index contributed by atoms with van der Waals surface area (Å²) in [5, 5.41) is 13.8. The third-order valence-electron chi connectivity index (χ3n) is 3.15. The number of nitro groups is 1. The summed E-state index contributed by atoms with van der Waals surface area (Å²) in [6.45, 7) is 0.461. The summed E-state index contributed by atoms with van der Waals surface area (Å²) in [5.41, 5.74) is 7.07. The molecular weight excluding hydrogens is 273 g/mol. The average Bonchev–Trinajstić information content (AvgIpc) is 2.49. The van der Waals surface area contributed by atoms with Gasteiger partial charge in [0.2, 0.25) is 0 Å². The van der Waals surface area contributed by atoms with Crippen LogP contribution >= 0.6 is 0 Å². The van der Waals surface area contributed by atoms with E-state index in [2.05, 4.69) is 5.32 Å². The predicted molar refractivity (Wildman–Crippen MR) is 79.5 cm³/mol. The number of halogens is 1. The molecule has 3 N–H and O–H groups in total. The second-order valence-electron chi connectivity index (χ2n) is 4.65. The van der Waals surface area contributed by atoms with Crippen molar-refractivity contribution in [2.24, 2.45) is 5.73 Å². The third-order valence-corrected chi connectivity index (χ3v) is 3.15. The van der Waals surface area contributed by atoms with Crippen LogP contribution in [0.2, 0.25) is 0 Å². The maximum atomic E-state index is 13.0. The highest BCUT2D eigenvalue weighted by molar-refractivity contribution is 5.61. The van der Waals surface area contributed by atoms with Gasteiger partial charge in [-0.2, -0.15) is 0 Å². The van der Waals surface area contributed by atoms with Gasteiger partial charge in [-0.1, -0.05) is 30.3 Å². The van der Waals surface area contributed by atoms with Gasteiger partial charge in [0, 0.05) is 12.6 Å². The van der Waals surface area contributed by atoms with Crippen LogP contribution in [0.25, 0.3) is 0 Å². The van der Waals surface area contributed by atoms with E-state index in [9.17, 15) is 14.5 Å². The van der Waals surface area contributed by atoms with Crippen molar-refractivity contribution in [2.45, 2.75) is 12.5 Å². The number of nitrogens with one attached hydrogen (secondary N) is 1. The van der Waals surface area contributed by atoms with Crippen LogP contribution in [0.4, 0.5) is 15.8 Å². The molecule has 110 valence electrons. The molecule has 0 radical (unpaired) electrons. The maximum Gasteiger partial charge on any atom is 0.295 e. The van der Waals surface area contributed by atoms with E-state index in [0.29, 0.717) is 18.7 Å². The number of rotatable bonds is 6. The molecule has 0 aliphatic rings. The maximum absolute atomic E-state index is 13.0. The Hall–Kier alpha value is -2.47. The van der Waals surface area contributed by atoms with E-state index in [4.69, 9.17) is 5.73 Å². The molecule has 0 spiro atoms. The molecular formula is C15H16FN3O2. The second-order valence-corrected chi connectivity index (χ2v) is 4.65. The first-order valence-electron chi connectivity index (χ1n) is 6.56. The Morgan fingerprint density at radius 3 is 2.62 bits per heavy atom. The van der Waals surface area contributed by atoms with E-state index in [-0.39, 0.29) is 11.7 Å². The molecule has 1 atom stereocenters. The monoisotopic (exact) mass is 289 g/mol. The first-order valence-corrected chi connectivity index (χ1v) is 6.56. The topological polar surface area (TPSA) is 81.2 Å².